The molecule has 24 heavy (non-hydrogen) atoms. The Hall–Kier alpha value is -1.92. The lowest BCUT2D eigenvalue weighted by atomic mass is 10.1. The number of halogens is 1. The van der Waals surface area contributed by atoms with E-state index in [2.05, 4.69) is 33.4 Å². The van der Waals surface area contributed by atoms with Gasteiger partial charge in [0, 0.05) is 6.54 Å². The van der Waals surface area contributed by atoms with E-state index in [1.165, 1.54) is 5.56 Å². The molecule has 0 unspecified atom stereocenters. The highest BCUT2D eigenvalue weighted by molar-refractivity contribution is 9.10. The van der Waals surface area contributed by atoms with Crippen LogP contribution in [0.5, 0.6) is 23.0 Å². The number of hydrogen-bond donors (Lipinski definition) is 1. The zero-order valence-electron chi connectivity index (χ0n) is 13.7. The van der Waals surface area contributed by atoms with Crippen LogP contribution in [0.1, 0.15) is 11.1 Å². The summed E-state index contributed by atoms with van der Waals surface area (Å²) >= 11 is 3.51. The minimum atomic E-state index is 0.282. The first-order valence-corrected chi connectivity index (χ1v) is 8.50. The van der Waals surface area contributed by atoms with Crippen LogP contribution < -0.4 is 24.3 Å². The Morgan fingerprint density at radius 2 is 1.88 bits per heavy atom. The molecule has 0 aliphatic carbocycles. The maximum Gasteiger partial charge on any atom is 0.231 e. The third-order valence-corrected chi connectivity index (χ3v) is 4.44. The fourth-order valence-electron chi connectivity index (χ4n) is 2.62. The summed E-state index contributed by atoms with van der Waals surface area (Å²) in [5.74, 6) is 3.08. The predicted octanol–water partition coefficient (Wildman–Crippen LogP) is 3.53. The lowest BCUT2D eigenvalue weighted by Gasteiger charge is -2.10. The van der Waals surface area contributed by atoms with Gasteiger partial charge >= 0.3 is 0 Å². The first kappa shape index (κ1) is 16.9. The summed E-state index contributed by atoms with van der Waals surface area (Å²) in [6, 6.07) is 10.1. The highest BCUT2D eigenvalue weighted by atomic mass is 79.9. The second kappa shape index (κ2) is 7.77. The van der Waals surface area contributed by atoms with E-state index in [0.29, 0.717) is 0 Å². The third-order valence-electron chi connectivity index (χ3n) is 3.85. The Labute approximate surface area is 150 Å². The summed E-state index contributed by atoms with van der Waals surface area (Å²) in [5, 5.41) is 3.45. The fourth-order valence-corrected chi connectivity index (χ4v) is 3.23. The maximum atomic E-state index is 5.44. The normalized spacial score (nSPS) is 12.3. The molecule has 128 valence electrons. The Morgan fingerprint density at radius 3 is 2.67 bits per heavy atom. The van der Waals surface area contributed by atoms with Crippen LogP contribution in [-0.2, 0) is 13.0 Å². The van der Waals surface area contributed by atoms with Gasteiger partial charge in [-0.3, -0.25) is 0 Å². The van der Waals surface area contributed by atoms with Crippen molar-refractivity contribution in [1.29, 1.82) is 0 Å². The molecule has 5 nitrogen and oxygen atoms in total. The molecule has 1 N–H and O–H groups in total. The smallest absolute Gasteiger partial charge is 0.231 e. The quantitative estimate of drug-likeness (QED) is 0.729. The molecule has 1 heterocycles. The van der Waals surface area contributed by atoms with E-state index >= 15 is 0 Å². The van der Waals surface area contributed by atoms with Gasteiger partial charge in [0.1, 0.15) is 0 Å². The zero-order chi connectivity index (χ0) is 16.9. The molecule has 6 heteroatoms. The first-order chi connectivity index (χ1) is 11.7. The lowest BCUT2D eigenvalue weighted by molar-refractivity contribution is 0.173. The SMILES string of the molecule is COc1ccc(CCNCc2cc(Br)c3c(c2)OCO3)cc1OC. The highest BCUT2D eigenvalue weighted by Crippen LogP contribution is 2.39. The molecule has 2 aromatic rings. The van der Waals surface area contributed by atoms with E-state index in [-0.39, 0.29) is 6.79 Å². The van der Waals surface area contributed by atoms with Crippen LogP contribution in [0.4, 0.5) is 0 Å². The van der Waals surface area contributed by atoms with Crippen molar-refractivity contribution in [3.63, 3.8) is 0 Å². The van der Waals surface area contributed by atoms with Crippen LogP contribution >= 0.6 is 15.9 Å². The van der Waals surface area contributed by atoms with Crippen molar-refractivity contribution in [3.8, 4) is 23.0 Å². The standard InChI is InChI=1S/C18H20BrNO4/c1-21-15-4-3-12(8-16(15)22-2)5-6-20-10-13-7-14(19)18-17(9-13)23-11-24-18/h3-4,7-9,20H,5-6,10-11H2,1-2H3. The van der Waals surface area contributed by atoms with Crippen molar-refractivity contribution >= 4 is 15.9 Å². The summed E-state index contributed by atoms with van der Waals surface area (Å²) in [6.07, 6.45) is 0.909. The average molecular weight is 394 g/mol. The third kappa shape index (κ3) is 3.76. The van der Waals surface area contributed by atoms with E-state index in [4.69, 9.17) is 18.9 Å². The molecule has 3 rings (SSSR count). The van der Waals surface area contributed by atoms with E-state index in [1.54, 1.807) is 14.2 Å². The summed E-state index contributed by atoms with van der Waals surface area (Å²) in [4.78, 5) is 0. The van der Waals surface area contributed by atoms with Gasteiger partial charge in [-0.2, -0.15) is 0 Å². The maximum absolute atomic E-state index is 5.44. The molecule has 0 atom stereocenters. The number of hydrogen-bond acceptors (Lipinski definition) is 5. The summed E-state index contributed by atoms with van der Waals surface area (Å²) in [7, 11) is 3.29. The van der Waals surface area contributed by atoms with Crippen LogP contribution in [0.2, 0.25) is 0 Å². The van der Waals surface area contributed by atoms with E-state index in [0.717, 1.165) is 52.5 Å². The van der Waals surface area contributed by atoms with Crippen LogP contribution in [0.25, 0.3) is 0 Å². The van der Waals surface area contributed by atoms with Gasteiger partial charge in [-0.1, -0.05) is 6.07 Å². The molecule has 2 aromatic carbocycles. The number of methoxy groups -OCH3 is 2. The van der Waals surface area contributed by atoms with E-state index in [1.807, 2.05) is 18.2 Å². The second-order valence-corrected chi connectivity index (χ2v) is 6.28. The van der Waals surface area contributed by atoms with Gasteiger partial charge in [-0.15, -0.1) is 0 Å². The lowest BCUT2D eigenvalue weighted by Crippen LogP contribution is -2.16. The van der Waals surface area contributed by atoms with Crippen LogP contribution in [0.3, 0.4) is 0 Å². The molecule has 0 aromatic heterocycles. The predicted molar refractivity (Wildman–Crippen MR) is 95.2 cm³/mol. The van der Waals surface area contributed by atoms with Gasteiger partial charge in [-0.05, 0) is 64.3 Å². The number of ether oxygens (including phenoxy) is 4. The summed E-state index contributed by atoms with van der Waals surface area (Å²) in [6.45, 7) is 1.91. The molecule has 0 bridgehead atoms. The zero-order valence-corrected chi connectivity index (χ0v) is 15.3. The molecule has 0 saturated heterocycles. The minimum Gasteiger partial charge on any atom is -0.493 e. The van der Waals surface area contributed by atoms with E-state index < -0.39 is 0 Å². The summed E-state index contributed by atoms with van der Waals surface area (Å²) in [5.41, 5.74) is 2.35. The Kier molecular flexibility index (Phi) is 5.48. The van der Waals surface area contributed by atoms with Gasteiger partial charge in [0.2, 0.25) is 6.79 Å². The first-order valence-electron chi connectivity index (χ1n) is 7.71. The van der Waals surface area contributed by atoms with Gasteiger partial charge in [-0.25, -0.2) is 0 Å². The Morgan fingerprint density at radius 1 is 1.04 bits per heavy atom. The van der Waals surface area contributed by atoms with E-state index in [9.17, 15) is 0 Å². The molecule has 0 fully saturated rings. The minimum absolute atomic E-state index is 0.282. The van der Waals surface area contributed by atoms with Gasteiger partial charge < -0.3 is 24.3 Å². The molecule has 0 amide bonds. The molecule has 1 aliphatic heterocycles. The number of rotatable bonds is 7. The van der Waals surface area contributed by atoms with Crippen molar-refractivity contribution in [2.45, 2.75) is 13.0 Å². The Bertz CT molecular complexity index is 720. The van der Waals surface area contributed by atoms with Crippen LogP contribution in [0, 0.1) is 0 Å². The molecule has 1 aliphatic rings. The van der Waals surface area contributed by atoms with Gasteiger partial charge in [0.15, 0.2) is 23.0 Å². The molecule has 0 saturated carbocycles. The fraction of sp³-hybridized carbons (Fsp3) is 0.333. The van der Waals surface area contributed by atoms with Crippen molar-refractivity contribution in [2.24, 2.45) is 0 Å². The van der Waals surface area contributed by atoms with Crippen LogP contribution in [0.15, 0.2) is 34.8 Å². The largest absolute Gasteiger partial charge is 0.493 e. The van der Waals surface area contributed by atoms with Crippen molar-refractivity contribution in [1.82, 2.24) is 5.32 Å². The monoisotopic (exact) mass is 393 g/mol. The molecule has 0 radical (unpaired) electrons. The van der Waals surface area contributed by atoms with Crippen LogP contribution in [-0.4, -0.2) is 27.6 Å². The molecular formula is C18H20BrNO4. The van der Waals surface area contributed by atoms with Gasteiger partial charge in [0.25, 0.3) is 0 Å². The Balaban J connectivity index is 1.53. The van der Waals surface area contributed by atoms with Gasteiger partial charge in [0.05, 0.1) is 18.7 Å². The average Bonchev–Trinajstić information content (AvgIpc) is 3.07. The number of benzene rings is 2. The summed E-state index contributed by atoms with van der Waals surface area (Å²) < 4.78 is 22.3. The van der Waals surface area contributed by atoms with Crippen molar-refractivity contribution < 1.29 is 18.9 Å². The topological polar surface area (TPSA) is 49.0 Å². The number of nitrogens with one attached hydrogen (secondary N) is 1. The molecule has 0 spiro atoms. The molecular weight excluding hydrogens is 374 g/mol. The number of fused-ring (bicyclic) bond motifs is 1. The second-order valence-electron chi connectivity index (χ2n) is 5.43. The van der Waals surface area contributed by atoms with Crippen molar-refractivity contribution in [2.75, 3.05) is 27.6 Å². The highest BCUT2D eigenvalue weighted by Gasteiger charge is 2.17. The van der Waals surface area contributed by atoms with Crippen molar-refractivity contribution in [3.05, 3.63) is 45.9 Å².